The summed E-state index contributed by atoms with van der Waals surface area (Å²) in [6.45, 7) is 1.79. The minimum absolute atomic E-state index is 0.00838. The second kappa shape index (κ2) is 8.82. The van der Waals surface area contributed by atoms with Gasteiger partial charge in [0.15, 0.2) is 0 Å². The molecule has 2 aromatic rings. The molecule has 0 bridgehead atoms. The first-order chi connectivity index (χ1) is 14.6. The smallest absolute Gasteiger partial charge is 0.246 e. The fraction of sp³-hybridized carbons (Fsp3) is 0.360. The van der Waals surface area contributed by atoms with Gasteiger partial charge in [-0.15, -0.1) is 0 Å². The lowest BCUT2D eigenvalue weighted by atomic mass is 9.93. The van der Waals surface area contributed by atoms with Gasteiger partial charge in [-0.05, 0) is 55.0 Å². The second-order valence-corrected chi connectivity index (χ2v) is 8.35. The first-order valence-electron chi connectivity index (χ1n) is 10.6. The number of halogens is 1. The van der Waals surface area contributed by atoms with Crippen LogP contribution in [0.25, 0.3) is 6.08 Å². The molecule has 4 nitrogen and oxygen atoms in total. The van der Waals surface area contributed by atoms with Gasteiger partial charge in [0.05, 0.1) is 0 Å². The van der Waals surface area contributed by atoms with E-state index in [-0.39, 0.29) is 29.0 Å². The maximum absolute atomic E-state index is 13.2. The third-order valence-electron chi connectivity index (χ3n) is 6.31. The summed E-state index contributed by atoms with van der Waals surface area (Å²) in [5, 5.41) is 3.11. The Bertz CT molecular complexity index is 912. The summed E-state index contributed by atoms with van der Waals surface area (Å²) in [6, 6.07) is 16.3. The van der Waals surface area contributed by atoms with Gasteiger partial charge >= 0.3 is 0 Å². The van der Waals surface area contributed by atoms with Crippen LogP contribution in [0.4, 0.5) is 4.39 Å². The van der Waals surface area contributed by atoms with E-state index in [0.29, 0.717) is 32.5 Å². The van der Waals surface area contributed by atoms with Gasteiger partial charge in [0.2, 0.25) is 11.8 Å². The molecule has 4 rings (SSSR count). The lowest BCUT2D eigenvalue weighted by Crippen LogP contribution is -2.43. The largest absolute Gasteiger partial charge is 0.355 e. The summed E-state index contributed by atoms with van der Waals surface area (Å²) in [7, 11) is 0. The van der Waals surface area contributed by atoms with E-state index >= 15 is 0 Å². The van der Waals surface area contributed by atoms with Gasteiger partial charge in [-0.25, -0.2) is 4.39 Å². The van der Waals surface area contributed by atoms with Crippen LogP contribution >= 0.6 is 0 Å². The SMILES string of the molecule is O=C(NCC1(c2ccc(F)cc2)CC1)C1CCN(C(=O)/C=C/c2ccccc2)CC1. The maximum atomic E-state index is 13.2. The molecule has 0 aromatic heterocycles. The van der Waals surface area contributed by atoms with Crippen molar-refractivity contribution in [2.45, 2.75) is 31.1 Å². The predicted octanol–water partition coefficient (Wildman–Crippen LogP) is 3.93. The van der Waals surface area contributed by atoms with E-state index in [0.717, 1.165) is 24.0 Å². The first-order valence-corrected chi connectivity index (χ1v) is 10.6. The number of nitrogens with zero attached hydrogens (tertiary/aromatic N) is 1. The van der Waals surface area contributed by atoms with Crippen molar-refractivity contribution in [2.24, 2.45) is 5.92 Å². The standard InChI is InChI=1S/C25H27FN2O2/c26-22-9-7-21(8-10-22)25(14-15-25)18-27-24(30)20-12-16-28(17-13-20)23(29)11-6-19-4-2-1-3-5-19/h1-11,20H,12-18H2,(H,27,30)/b11-6+. The zero-order valence-electron chi connectivity index (χ0n) is 17.0. The fourth-order valence-electron chi connectivity index (χ4n) is 4.12. The molecule has 0 spiro atoms. The van der Waals surface area contributed by atoms with Crippen molar-refractivity contribution in [2.75, 3.05) is 19.6 Å². The third-order valence-corrected chi connectivity index (χ3v) is 6.31. The molecule has 5 heteroatoms. The van der Waals surface area contributed by atoms with Crippen molar-refractivity contribution in [1.82, 2.24) is 10.2 Å². The quantitative estimate of drug-likeness (QED) is 0.739. The first kappa shape index (κ1) is 20.3. The molecule has 30 heavy (non-hydrogen) atoms. The lowest BCUT2D eigenvalue weighted by molar-refractivity contribution is -0.132. The minimum Gasteiger partial charge on any atom is -0.355 e. The molecule has 0 atom stereocenters. The van der Waals surface area contributed by atoms with Crippen molar-refractivity contribution < 1.29 is 14.0 Å². The highest BCUT2D eigenvalue weighted by molar-refractivity contribution is 5.92. The van der Waals surface area contributed by atoms with Crippen LogP contribution in [0, 0.1) is 11.7 Å². The van der Waals surface area contributed by atoms with Crippen LogP contribution < -0.4 is 5.32 Å². The molecular weight excluding hydrogens is 379 g/mol. The van der Waals surface area contributed by atoms with E-state index in [1.54, 1.807) is 6.08 Å². The average molecular weight is 407 g/mol. The number of rotatable bonds is 6. The minimum atomic E-state index is -0.237. The molecule has 156 valence electrons. The summed E-state index contributed by atoms with van der Waals surface area (Å²) in [4.78, 5) is 26.9. The van der Waals surface area contributed by atoms with Crippen LogP contribution in [-0.4, -0.2) is 36.3 Å². The van der Waals surface area contributed by atoms with Crippen molar-refractivity contribution in [1.29, 1.82) is 0 Å². The molecule has 1 saturated heterocycles. The van der Waals surface area contributed by atoms with Crippen LogP contribution in [0.3, 0.4) is 0 Å². The average Bonchev–Trinajstić information content (AvgIpc) is 3.58. The van der Waals surface area contributed by atoms with Gasteiger partial charge in [0.1, 0.15) is 5.82 Å². The molecule has 2 amide bonds. The highest BCUT2D eigenvalue weighted by Crippen LogP contribution is 2.47. The number of hydrogen-bond acceptors (Lipinski definition) is 2. The Morgan fingerprint density at radius 2 is 1.70 bits per heavy atom. The number of carbonyl (C=O) groups excluding carboxylic acids is 2. The number of hydrogen-bond donors (Lipinski definition) is 1. The molecule has 1 aliphatic carbocycles. The molecule has 1 saturated carbocycles. The molecule has 1 N–H and O–H groups in total. The van der Waals surface area contributed by atoms with Crippen LogP contribution in [0.5, 0.6) is 0 Å². The molecule has 2 fully saturated rings. The lowest BCUT2D eigenvalue weighted by Gasteiger charge is -2.31. The predicted molar refractivity (Wildman–Crippen MR) is 115 cm³/mol. The molecule has 1 heterocycles. The monoisotopic (exact) mass is 406 g/mol. The van der Waals surface area contributed by atoms with Crippen LogP contribution in [0.1, 0.15) is 36.8 Å². The Kier molecular flexibility index (Phi) is 5.98. The fourth-order valence-corrected chi connectivity index (χ4v) is 4.12. The van der Waals surface area contributed by atoms with Crippen LogP contribution in [-0.2, 0) is 15.0 Å². The Morgan fingerprint density at radius 1 is 1.03 bits per heavy atom. The summed E-state index contributed by atoms with van der Waals surface area (Å²) in [5.74, 6) is -0.240. The summed E-state index contributed by atoms with van der Waals surface area (Å²) in [6.07, 6.45) is 6.82. The number of carbonyl (C=O) groups is 2. The number of likely N-dealkylation sites (tertiary alicyclic amines) is 1. The van der Waals surface area contributed by atoms with E-state index in [1.165, 1.54) is 12.1 Å². The van der Waals surface area contributed by atoms with Gasteiger partial charge in [-0.1, -0.05) is 42.5 Å². The Labute approximate surface area is 176 Å². The zero-order valence-corrected chi connectivity index (χ0v) is 17.0. The normalized spacial score (nSPS) is 18.4. The van der Waals surface area contributed by atoms with Gasteiger partial charge in [-0.3, -0.25) is 9.59 Å². The Morgan fingerprint density at radius 3 is 2.33 bits per heavy atom. The van der Waals surface area contributed by atoms with E-state index in [9.17, 15) is 14.0 Å². The summed E-state index contributed by atoms with van der Waals surface area (Å²) >= 11 is 0. The van der Waals surface area contributed by atoms with E-state index in [2.05, 4.69) is 5.32 Å². The van der Waals surface area contributed by atoms with Gasteiger partial charge in [-0.2, -0.15) is 0 Å². The van der Waals surface area contributed by atoms with E-state index < -0.39 is 0 Å². The molecular formula is C25H27FN2O2. The highest BCUT2D eigenvalue weighted by atomic mass is 19.1. The molecule has 0 radical (unpaired) electrons. The van der Waals surface area contributed by atoms with Gasteiger partial charge < -0.3 is 10.2 Å². The number of amides is 2. The molecule has 1 aliphatic heterocycles. The number of piperidine rings is 1. The third kappa shape index (κ3) is 4.78. The van der Waals surface area contributed by atoms with Gasteiger partial charge in [0.25, 0.3) is 0 Å². The van der Waals surface area contributed by atoms with Crippen molar-refractivity contribution in [3.63, 3.8) is 0 Å². The van der Waals surface area contributed by atoms with Crippen molar-refractivity contribution >= 4 is 17.9 Å². The molecule has 2 aliphatic rings. The number of nitrogens with one attached hydrogen (secondary N) is 1. The van der Waals surface area contributed by atoms with E-state index in [4.69, 9.17) is 0 Å². The molecule has 0 unspecified atom stereocenters. The highest BCUT2D eigenvalue weighted by Gasteiger charge is 2.44. The second-order valence-electron chi connectivity index (χ2n) is 8.35. The zero-order chi connectivity index (χ0) is 21.0. The van der Waals surface area contributed by atoms with Crippen molar-refractivity contribution in [3.8, 4) is 0 Å². The van der Waals surface area contributed by atoms with Gasteiger partial charge in [0, 0.05) is 37.0 Å². The maximum Gasteiger partial charge on any atom is 0.246 e. The Hall–Kier alpha value is -2.95. The summed E-state index contributed by atoms with van der Waals surface area (Å²) < 4.78 is 13.2. The molecule has 2 aromatic carbocycles. The van der Waals surface area contributed by atoms with Crippen molar-refractivity contribution in [3.05, 3.63) is 77.6 Å². The summed E-state index contributed by atoms with van der Waals surface area (Å²) in [5.41, 5.74) is 2.05. The van der Waals surface area contributed by atoms with E-state index in [1.807, 2.05) is 53.4 Å². The number of benzene rings is 2. The van der Waals surface area contributed by atoms with Crippen LogP contribution in [0.15, 0.2) is 60.7 Å². The topological polar surface area (TPSA) is 49.4 Å². The Balaban J connectivity index is 1.24. The van der Waals surface area contributed by atoms with Crippen LogP contribution in [0.2, 0.25) is 0 Å².